The Morgan fingerprint density at radius 2 is 1.73 bits per heavy atom. The van der Waals surface area contributed by atoms with E-state index in [1.807, 2.05) is 13.0 Å². The zero-order chi connectivity index (χ0) is 18.7. The van der Waals surface area contributed by atoms with Gasteiger partial charge in [-0.2, -0.15) is 0 Å². The molecule has 7 nitrogen and oxygen atoms in total. The third kappa shape index (κ3) is 4.55. The van der Waals surface area contributed by atoms with E-state index in [0.717, 1.165) is 31.2 Å². The predicted molar refractivity (Wildman–Crippen MR) is 101 cm³/mol. The van der Waals surface area contributed by atoms with Crippen molar-refractivity contribution in [3.8, 4) is 0 Å². The molecule has 0 unspecified atom stereocenters. The van der Waals surface area contributed by atoms with Crippen LogP contribution in [0.2, 0.25) is 0 Å². The second-order valence-corrected chi connectivity index (χ2v) is 9.37. The van der Waals surface area contributed by atoms with Crippen LogP contribution in [0.25, 0.3) is 0 Å². The Balaban J connectivity index is 1.63. The van der Waals surface area contributed by atoms with Gasteiger partial charge in [0.25, 0.3) is 0 Å². The lowest BCUT2D eigenvalue weighted by atomic mass is 10.1. The van der Waals surface area contributed by atoms with Crippen LogP contribution in [0.3, 0.4) is 0 Å². The minimum atomic E-state index is -3.03. The molecule has 0 radical (unpaired) electrons. The van der Waals surface area contributed by atoms with E-state index < -0.39 is 9.84 Å². The number of hydrogen-bond donors (Lipinski definition) is 2. The summed E-state index contributed by atoms with van der Waals surface area (Å²) >= 11 is 0. The van der Waals surface area contributed by atoms with Crippen LogP contribution >= 0.6 is 0 Å². The summed E-state index contributed by atoms with van der Waals surface area (Å²) in [4.78, 5) is 26.2. The lowest BCUT2D eigenvalue weighted by Gasteiger charge is -2.27. The number of benzene rings is 1. The molecule has 0 atom stereocenters. The molecule has 0 bridgehead atoms. The first-order valence-corrected chi connectivity index (χ1v) is 10.8. The topological polar surface area (TPSA) is 95.6 Å². The number of nitrogens with zero attached hydrogens (tertiary/aromatic N) is 1. The first-order valence-electron chi connectivity index (χ1n) is 9.02. The Morgan fingerprint density at radius 1 is 1.08 bits per heavy atom. The van der Waals surface area contributed by atoms with E-state index in [1.54, 1.807) is 12.1 Å². The molecular weight excluding hydrogens is 354 g/mol. The summed E-state index contributed by atoms with van der Waals surface area (Å²) in [5, 5.41) is 5.76. The zero-order valence-electron chi connectivity index (χ0n) is 15.0. The summed E-state index contributed by atoms with van der Waals surface area (Å²) < 4.78 is 22.9. The third-order valence-electron chi connectivity index (χ3n) is 5.10. The Kier molecular flexibility index (Phi) is 5.50. The predicted octanol–water partition coefficient (Wildman–Crippen LogP) is 2.39. The summed E-state index contributed by atoms with van der Waals surface area (Å²) in [6.07, 6.45) is 4.05. The van der Waals surface area contributed by atoms with E-state index >= 15 is 0 Å². The van der Waals surface area contributed by atoms with Crippen molar-refractivity contribution in [3.63, 3.8) is 0 Å². The zero-order valence-corrected chi connectivity index (χ0v) is 15.8. The maximum Gasteiger partial charge on any atom is 0.321 e. The van der Waals surface area contributed by atoms with Crippen molar-refractivity contribution in [3.05, 3.63) is 23.8 Å². The van der Waals surface area contributed by atoms with Crippen molar-refractivity contribution in [2.45, 2.75) is 32.6 Å². The van der Waals surface area contributed by atoms with Crippen LogP contribution in [0, 0.1) is 12.8 Å². The van der Waals surface area contributed by atoms with Gasteiger partial charge in [-0.25, -0.2) is 13.2 Å². The Labute approximate surface area is 154 Å². The van der Waals surface area contributed by atoms with Crippen LogP contribution in [-0.4, -0.2) is 49.9 Å². The molecule has 8 heteroatoms. The van der Waals surface area contributed by atoms with Crippen LogP contribution in [0.4, 0.5) is 16.2 Å². The summed E-state index contributed by atoms with van der Waals surface area (Å²) in [7, 11) is -3.03. The molecule has 1 heterocycles. The molecule has 1 aromatic carbocycles. The number of rotatable bonds is 3. The third-order valence-corrected chi connectivity index (χ3v) is 6.71. The number of urea groups is 1. The summed E-state index contributed by atoms with van der Waals surface area (Å²) in [6, 6.07) is 5.05. The monoisotopic (exact) mass is 379 g/mol. The number of sulfone groups is 1. The maximum atomic E-state index is 12.3. The van der Waals surface area contributed by atoms with Crippen LogP contribution in [0.15, 0.2) is 18.2 Å². The highest BCUT2D eigenvalue weighted by Gasteiger charge is 2.25. The van der Waals surface area contributed by atoms with Crippen molar-refractivity contribution < 1.29 is 18.0 Å². The fourth-order valence-corrected chi connectivity index (χ4v) is 4.58. The lowest BCUT2D eigenvalue weighted by Crippen LogP contribution is -2.45. The van der Waals surface area contributed by atoms with Crippen LogP contribution in [-0.2, 0) is 14.6 Å². The molecule has 26 heavy (non-hydrogen) atoms. The van der Waals surface area contributed by atoms with Gasteiger partial charge in [-0.15, -0.1) is 0 Å². The largest absolute Gasteiger partial charge is 0.326 e. The average Bonchev–Trinajstić information content (AvgIpc) is 3.12. The number of aryl methyl sites for hydroxylation is 1. The van der Waals surface area contributed by atoms with Gasteiger partial charge in [-0.05, 0) is 37.5 Å². The molecule has 2 aliphatic rings. The highest BCUT2D eigenvalue weighted by molar-refractivity contribution is 7.91. The van der Waals surface area contributed by atoms with Gasteiger partial charge in [0.15, 0.2) is 9.84 Å². The molecule has 1 saturated heterocycles. The highest BCUT2D eigenvalue weighted by atomic mass is 32.2. The summed E-state index contributed by atoms with van der Waals surface area (Å²) in [5.74, 6) is 0.104. The van der Waals surface area contributed by atoms with E-state index in [-0.39, 0.29) is 42.5 Å². The molecule has 0 aromatic heterocycles. The number of anilines is 2. The maximum absolute atomic E-state index is 12.3. The van der Waals surface area contributed by atoms with Crippen LogP contribution in [0.1, 0.15) is 31.2 Å². The molecule has 2 fully saturated rings. The van der Waals surface area contributed by atoms with E-state index in [0.29, 0.717) is 11.4 Å². The van der Waals surface area contributed by atoms with Crippen molar-refractivity contribution in [2.24, 2.45) is 5.92 Å². The SMILES string of the molecule is Cc1ccc(NC(=O)N2CCS(=O)(=O)CC2)cc1NC(=O)C1CCCC1. The number of nitrogens with one attached hydrogen (secondary N) is 2. The molecule has 1 saturated carbocycles. The normalized spacial score (nSPS) is 20.0. The molecule has 1 aliphatic carbocycles. The van der Waals surface area contributed by atoms with Gasteiger partial charge in [0.1, 0.15) is 0 Å². The van der Waals surface area contributed by atoms with Crippen molar-refractivity contribution in [2.75, 3.05) is 35.2 Å². The minimum absolute atomic E-state index is 0.00296. The highest BCUT2D eigenvalue weighted by Crippen LogP contribution is 2.27. The Bertz CT molecular complexity index is 787. The fourth-order valence-electron chi connectivity index (χ4n) is 3.38. The van der Waals surface area contributed by atoms with Gasteiger partial charge in [0.2, 0.25) is 5.91 Å². The molecule has 3 amide bonds. The number of amides is 3. The molecule has 2 N–H and O–H groups in total. The van der Waals surface area contributed by atoms with Crippen LogP contribution in [0.5, 0.6) is 0 Å². The molecule has 1 aliphatic heterocycles. The molecule has 3 rings (SSSR count). The lowest BCUT2D eigenvalue weighted by molar-refractivity contribution is -0.119. The standard InChI is InChI=1S/C18H25N3O4S/c1-13-6-7-15(12-16(13)20-17(22)14-4-2-3-5-14)19-18(23)21-8-10-26(24,25)11-9-21/h6-7,12,14H,2-5,8-11H2,1H3,(H,19,23)(H,20,22). The van der Waals surface area contributed by atoms with E-state index in [1.165, 1.54) is 4.90 Å². The number of carbonyl (C=O) groups is 2. The van der Waals surface area contributed by atoms with Gasteiger partial charge in [-0.3, -0.25) is 4.79 Å². The van der Waals surface area contributed by atoms with Gasteiger partial charge >= 0.3 is 6.03 Å². The first kappa shape index (κ1) is 18.7. The van der Waals surface area contributed by atoms with E-state index in [4.69, 9.17) is 0 Å². The number of hydrogen-bond acceptors (Lipinski definition) is 4. The first-order chi connectivity index (χ1) is 12.3. The molecule has 1 aromatic rings. The van der Waals surface area contributed by atoms with E-state index in [2.05, 4.69) is 10.6 Å². The molecular formula is C18H25N3O4S. The van der Waals surface area contributed by atoms with Crippen LogP contribution < -0.4 is 10.6 Å². The quantitative estimate of drug-likeness (QED) is 0.843. The second kappa shape index (κ2) is 7.65. The van der Waals surface area contributed by atoms with Crippen molar-refractivity contribution >= 4 is 33.2 Å². The molecule has 0 spiro atoms. The van der Waals surface area contributed by atoms with Gasteiger partial charge in [0, 0.05) is 30.4 Å². The van der Waals surface area contributed by atoms with Gasteiger partial charge in [0.05, 0.1) is 11.5 Å². The molecule has 142 valence electrons. The fraction of sp³-hybridized carbons (Fsp3) is 0.556. The Hall–Kier alpha value is -2.09. The smallest absolute Gasteiger partial charge is 0.321 e. The van der Waals surface area contributed by atoms with E-state index in [9.17, 15) is 18.0 Å². The summed E-state index contributed by atoms with van der Waals surface area (Å²) in [6.45, 7) is 2.31. The second-order valence-electron chi connectivity index (χ2n) is 7.07. The van der Waals surface area contributed by atoms with Crippen molar-refractivity contribution in [1.29, 1.82) is 0 Å². The minimum Gasteiger partial charge on any atom is -0.326 e. The Morgan fingerprint density at radius 3 is 2.38 bits per heavy atom. The number of carbonyl (C=O) groups excluding carboxylic acids is 2. The van der Waals surface area contributed by atoms with Crippen molar-refractivity contribution in [1.82, 2.24) is 4.90 Å². The summed E-state index contributed by atoms with van der Waals surface area (Å²) in [5.41, 5.74) is 2.20. The average molecular weight is 379 g/mol. The van der Waals surface area contributed by atoms with Gasteiger partial charge < -0.3 is 15.5 Å². The van der Waals surface area contributed by atoms with Gasteiger partial charge in [-0.1, -0.05) is 18.9 Å².